The third-order valence-electron chi connectivity index (χ3n) is 1.77. The highest BCUT2D eigenvalue weighted by Crippen LogP contribution is 2.24. The van der Waals surface area contributed by atoms with Crippen molar-refractivity contribution in [2.45, 2.75) is 38.9 Å². The van der Waals surface area contributed by atoms with Crippen LogP contribution in [0.3, 0.4) is 0 Å². The van der Waals surface area contributed by atoms with Gasteiger partial charge in [-0.3, -0.25) is 0 Å². The lowest BCUT2D eigenvalue weighted by Gasteiger charge is -2.34. The van der Waals surface area contributed by atoms with E-state index in [1.54, 1.807) is 27.7 Å². The second-order valence-electron chi connectivity index (χ2n) is 3.43. The maximum atomic E-state index is 9.47. The molecular formula is C7H18BO5. The summed E-state index contributed by atoms with van der Waals surface area (Å²) in [7, 11) is 1.42. The van der Waals surface area contributed by atoms with E-state index in [2.05, 4.69) is 4.89 Å². The zero-order chi connectivity index (χ0) is 11.1. The molecule has 6 heteroatoms. The number of hydrogen-bond acceptors (Lipinski definition) is 5. The zero-order valence-electron chi connectivity index (χ0n) is 8.74. The van der Waals surface area contributed by atoms with Gasteiger partial charge >= 0.3 is 7.69 Å². The molecule has 0 spiro atoms. The fourth-order valence-corrected chi connectivity index (χ4v) is 0.310. The van der Waals surface area contributed by atoms with Crippen LogP contribution in [-0.2, 0) is 9.78 Å². The van der Waals surface area contributed by atoms with Gasteiger partial charge < -0.3 is 15.2 Å². The van der Waals surface area contributed by atoms with Crippen LogP contribution in [-0.4, -0.2) is 41.2 Å². The summed E-state index contributed by atoms with van der Waals surface area (Å²) in [6.45, 7) is 6.87. The number of aliphatic hydroxyl groups is 1. The fourth-order valence-electron chi connectivity index (χ4n) is 0.310. The second-order valence-corrected chi connectivity index (χ2v) is 3.43. The van der Waals surface area contributed by atoms with Crippen molar-refractivity contribution in [1.29, 1.82) is 0 Å². The number of rotatable bonds is 3. The Morgan fingerprint density at radius 3 is 1.46 bits per heavy atom. The van der Waals surface area contributed by atoms with Crippen molar-refractivity contribution < 1.29 is 24.9 Å². The van der Waals surface area contributed by atoms with Crippen LogP contribution in [0.2, 0.25) is 0 Å². The van der Waals surface area contributed by atoms with Crippen molar-refractivity contribution in [3.63, 3.8) is 0 Å². The highest BCUT2D eigenvalue weighted by atomic mass is 17.2. The van der Waals surface area contributed by atoms with Gasteiger partial charge in [-0.15, -0.1) is 0 Å². The van der Waals surface area contributed by atoms with Gasteiger partial charge in [0, 0.05) is 0 Å². The van der Waals surface area contributed by atoms with E-state index in [-0.39, 0.29) is 7.69 Å². The highest BCUT2D eigenvalue weighted by Gasteiger charge is 2.37. The van der Waals surface area contributed by atoms with E-state index >= 15 is 0 Å². The van der Waals surface area contributed by atoms with Crippen LogP contribution in [0.4, 0.5) is 0 Å². The molecule has 0 saturated heterocycles. The standard InChI is InChI=1S/C7H16O3.BH2O2/c1-6(2,8)7(3,4)10-9-5;2-1-3/h8H,1-5H3;2-3H. The van der Waals surface area contributed by atoms with E-state index in [1.807, 2.05) is 0 Å². The lowest BCUT2D eigenvalue weighted by atomic mass is 9.90. The molecule has 3 N–H and O–H groups in total. The summed E-state index contributed by atoms with van der Waals surface area (Å²) >= 11 is 0. The van der Waals surface area contributed by atoms with Gasteiger partial charge in [-0.1, -0.05) is 0 Å². The Morgan fingerprint density at radius 2 is 1.38 bits per heavy atom. The summed E-state index contributed by atoms with van der Waals surface area (Å²) in [4.78, 5) is 9.32. The van der Waals surface area contributed by atoms with Crippen molar-refractivity contribution in [3.8, 4) is 0 Å². The SMILES string of the molecule is COOC(C)(C)C(C)(C)O.O[B]O. The molecule has 0 amide bonds. The Labute approximate surface area is 79.5 Å². The molecule has 0 aliphatic heterocycles. The van der Waals surface area contributed by atoms with E-state index in [0.29, 0.717) is 0 Å². The maximum Gasteiger partial charge on any atom is 0.482 e. The largest absolute Gasteiger partial charge is 0.482 e. The van der Waals surface area contributed by atoms with Crippen LogP contribution in [0.15, 0.2) is 0 Å². The smallest absolute Gasteiger partial charge is 0.429 e. The first-order chi connectivity index (χ1) is 5.72. The Balaban J connectivity index is 0. The molecule has 1 radical (unpaired) electrons. The molecule has 0 aromatic rings. The minimum absolute atomic E-state index is 0. The predicted molar refractivity (Wildman–Crippen MR) is 48.7 cm³/mol. The van der Waals surface area contributed by atoms with Crippen LogP contribution >= 0.6 is 0 Å². The molecule has 0 atom stereocenters. The van der Waals surface area contributed by atoms with Gasteiger partial charge in [0.1, 0.15) is 5.60 Å². The first kappa shape index (κ1) is 15.3. The van der Waals surface area contributed by atoms with Crippen LogP contribution in [0.5, 0.6) is 0 Å². The molecule has 0 unspecified atom stereocenters. The minimum atomic E-state index is -0.900. The average Bonchev–Trinajstić information content (AvgIpc) is 1.85. The molecule has 13 heavy (non-hydrogen) atoms. The van der Waals surface area contributed by atoms with Crippen molar-refractivity contribution in [1.82, 2.24) is 0 Å². The molecule has 79 valence electrons. The van der Waals surface area contributed by atoms with Gasteiger partial charge in [0.2, 0.25) is 0 Å². The maximum absolute atomic E-state index is 9.47. The zero-order valence-corrected chi connectivity index (χ0v) is 8.74. The molecule has 0 rings (SSSR count). The fraction of sp³-hybridized carbons (Fsp3) is 1.00. The molecule has 0 fully saturated rings. The number of hydrogen-bond donors (Lipinski definition) is 3. The van der Waals surface area contributed by atoms with E-state index in [0.717, 1.165) is 0 Å². The molecule has 0 saturated carbocycles. The molecular weight excluding hydrogens is 175 g/mol. The van der Waals surface area contributed by atoms with Gasteiger partial charge in [-0.05, 0) is 27.7 Å². The van der Waals surface area contributed by atoms with Gasteiger partial charge in [-0.25, -0.2) is 9.78 Å². The Hall–Kier alpha value is -0.135. The van der Waals surface area contributed by atoms with Crippen LogP contribution in [0.1, 0.15) is 27.7 Å². The van der Waals surface area contributed by atoms with Crippen molar-refractivity contribution in [3.05, 3.63) is 0 Å². The first-order valence-electron chi connectivity index (χ1n) is 3.77. The van der Waals surface area contributed by atoms with Crippen LogP contribution < -0.4 is 0 Å². The third-order valence-corrected chi connectivity index (χ3v) is 1.77. The van der Waals surface area contributed by atoms with E-state index < -0.39 is 11.2 Å². The molecule has 0 aliphatic carbocycles. The quantitative estimate of drug-likeness (QED) is 0.323. The van der Waals surface area contributed by atoms with Gasteiger partial charge in [-0.2, -0.15) is 0 Å². The van der Waals surface area contributed by atoms with Gasteiger partial charge in [0.05, 0.1) is 12.7 Å². The monoisotopic (exact) mass is 193 g/mol. The van der Waals surface area contributed by atoms with E-state index in [9.17, 15) is 5.11 Å². The van der Waals surface area contributed by atoms with Crippen LogP contribution in [0, 0.1) is 0 Å². The average molecular weight is 193 g/mol. The lowest BCUT2D eigenvalue weighted by Crippen LogP contribution is -2.47. The molecule has 0 bridgehead atoms. The predicted octanol–water partition coefficient (Wildman–Crippen LogP) is -0.381. The molecule has 0 aromatic carbocycles. The van der Waals surface area contributed by atoms with Crippen molar-refractivity contribution >= 4 is 7.69 Å². The molecule has 0 heterocycles. The normalized spacial score (nSPS) is 11.7. The van der Waals surface area contributed by atoms with E-state index in [1.165, 1.54) is 7.11 Å². The van der Waals surface area contributed by atoms with Crippen molar-refractivity contribution in [2.75, 3.05) is 7.11 Å². The van der Waals surface area contributed by atoms with Gasteiger partial charge in [0.15, 0.2) is 0 Å². The summed E-state index contributed by atoms with van der Waals surface area (Å²) in [5, 5.41) is 23.5. The highest BCUT2D eigenvalue weighted by molar-refractivity contribution is 6.13. The lowest BCUT2D eigenvalue weighted by molar-refractivity contribution is -0.366. The first-order valence-corrected chi connectivity index (χ1v) is 3.77. The van der Waals surface area contributed by atoms with Crippen LogP contribution in [0.25, 0.3) is 0 Å². The second kappa shape index (κ2) is 6.34. The van der Waals surface area contributed by atoms with E-state index in [4.69, 9.17) is 14.9 Å². The van der Waals surface area contributed by atoms with Gasteiger partial charge in [0.25, 0.3) is 0 Å². The topological polar surface area (TPSA) is 79.2 Å². The Kier molecular flexibility index (Phi) is 7.48. The summed E-state index contributed by atoms with van der Waals surface area (Å²) in [6.07, 6.45) is 0. The summed E-state index contributed by atoms with van der Waals surface area (Å²) in [6, 6.07) is 0. The molecule has 5 nitrogen and oxygen atoms in total. The minimum Gasteiger partial charge on any atom is -0.429 e. The third kappa shape index (κ3) is 6.98. The molecule has 0 aromatic heterocycles. The summed E-state index contributed by atoms with van der Waals surface area (Å²) in [5.41, 5.74) is -1.58. The summed E-state index contributed by atoms with van der Waals surface area (Å²) < 4.78 is 0. The Bertz CT molecular complexity index is 121. The van der Waals surface area contributed by atoms with Crippen molar-refractivity contribution in [2.24, 2.45) is 0 Å². The Morgan fingerprint density at radius 1 is 1.08 bits per heavy atom. The molecule has 0 aliphatic rings. The summed E-state index contributed by atoms with van der Waals surface area (Å²) in [5.74, 6) is 0.